The second kappa shape index (κ2) is 7.36. The SMILES string of the molecule is Cc1ncoc1C(=O)N1CCC2(CC1)CC(c1noc(-c3ccccc3)n1)N(C)C2. The Morgan fingerprint density at radius 1 is 1.20 bits per heavy atom. The Balaban J connectivity index is 1.27. The number of hydrogen-bond acceptors (Lipinski definition) is 7. The number of benzene rings is 1. The van der Waals surface area contributed by atoms with Crippen LogP contribution in [0.2, 0.25) is 0 Å². The van der Waals surface area contributed by atoms with Gasteiger partial charge < -0.3 is 13.8 Å². The Labute approximate surface area is 174 Å². The van der Waals surface area contributed by atoms with Crippen LogP contribution in [0, 0.1) is 12.3 Å². The zero-order chi connectivity index (χ0) is 20.7. The number of piperidine rings is 1. The molecule has 1 aromatic carbocycles. The summed E-state index contributed by atoms with van der Waals surface area (Å²) in [6.07, 6.45) is 4.21. The van der Waals surface area contributed by atoms with Crippen molar-refractivity contribution in [3.8, 4) is 11.5 Å². The van der Waals surface area contributed by atoms with Gasteiger partial charge in [-0.15, -0.1) is 0 Å². The first-order chi connectivity index (χ1) is 14.5. The van der Waals surface area contributed by atoms with Gasteiger partial charge in [-0.25, -0.2) is 4.98 Å². The molecule has 0 N–H and O–H groups in total. The zero-order valence-electron chi connectivity index (χ0n) is 17.2. The minimum Gasteiger partial charge on any atom is -0.438 e. The standard InChI is InChI=1S/C22H25N5O3/c1-15-18(29-14-23-15)21(28)27-10-8-22(9-11-27)12-17(26(2)13-22)19-24-20(30-25-19)16-6-4-3-5-7-16/h3-7,14,17H,8-13H2,1-2H3. The lowest BCUT2D eigenvalue weighted by Gasteiger charge is -2.39. The number of aromatic nitrogens is 3. The monoisotopic (exact) mass is 407 g/mol. The molecule has 30 heavy (non-hydrogen) atoms. The Morgan fingerprint density at radius 2 is 1.97 bits per heavy atom. The molecule has 2 aliphatic heterocycles. The van der Waals surface area contributed by atoms with Crippen molar-refractivity contribution in [2.24, 2.45) is 5.41 Å². The van der Waals surface area contributed by atoms with Crippen LogP contribution in [0.3, 0.4) is 0 Å². The average molecular weight is 407 g/mol. The minimum atomic E-state index is -0.0616. The molecule has 1 atom stereocenters. The number of likely N-dealkylation sites (tertiary alicyclic amines) is 2. The lowest BCUT2D eigenvalue weighted by atomic mass is 9.76. The number of carbonyl (C=O) groups excluding carboxylic acids is 1. The molecular formula is C22H25N5O3. The molecule has 0 bridgehead atoms. The third-order valence-electron chi connectivity index (χ3n) is 6.55. The molecule has 4 heterocycles. The van der Waals surface area contributed by atoms with E-state index in [-0.39, 0.29) is 17.4 Å². The third kappa shape index (κ3) is 3.31. The molecule has 0 aliphatic carbocycles. The summed E-state index contributed by atoms with van der Waals surface area (Å²) in [6.45, 7) is 4.21. The molecule has 0 radical (unpaired) electrons. The Hall–Kier alpha value is -3.00. The smallest absolute Gasteiger partial charge is 0.291 e. The molecule has 8 heteroatoms. The van der Waals surface area contributed by atoms with Gasteiger partial charge in [0.1, 0.15) is 0 Å². The highest BCUT2D eigenvalue weighted by Crippen LogP contribution is 2.48. The van der Waals surface area contributed by atoms with Crippen LogP contribution in [0.5, 0.6) is 0 Å². The average Bonchev–Trinajstić information content (AvgIpc) is 3.48. The van der Waals surface area contributed by atoms with Gasteiger partial charge in [0.25, 0.3) is 11.8 Å². The van der Waals surface area contributed by atoms with Crippen molar-refractivity contribution in [3.05, 3.63) is 54.0 Å². The lowest BCUT2D eigenvalue weighted by molar-refractivity contribution is 0.0562. The fraction of sp³-hybridized carbons (Fsp3) is 0.455. The van der Waals surface area contributed by atoms with Crippen molar-refractivity contribution in [2.45, 2.75) is 32.2 Å². The molecular weight excluding hydrogens is 382 g/mol. The van der Waals surface area contributed by atoms with E-state index in [1.165, 1.54) is 6.39 Å². The maximum absolute atomic E-state index is 12.7. The summed E-state index contributed by atoms with van der Waals surface area (Å²) in [5.74, 6) is 1.59. The molecule has 156 valence electrons. The Kier molecular flexibility index (Phi) is 4.66. The van der Waals surface area contributed by atoms with Crippen LogP contribution in [-0.4, -0.2) is 57.5 Å². The molecule has 1 amide bonds. The summed E-state index contributed by atoms with van der Waals surface area (Å²) in [4.78, 5) is 25.6. The maximum Gasteiger partial charge on any atom is 0.291 e. The van der Waals surface area contributed by atoms with E-state index in [2.05, 4.69) is 27.1 Å². The molecule has 2 saturated heterocycles. The Bertz CT molecular complexity index is 1040. The van der Waals surface area contributed by atoms with Gasteiger partial charge in [0.15, 0.2) is 12.2 Å². The summed E-state index contributed by atoms with van der Waals surface area (Å²) in [6, 6.07) is 9.97. The predicted molar refractivity (Wildman–Crippen MR) is 109 cm³/mol. The third-order valence-corrected chi connectivity index (χ3v) is 6.55. The summed E-state index contributed by atoms with van der Waals surface area (Å²) < 4.78 is 10.8. The molecule has 2 aromatic heterocycles. The van der Waals surface area contributed by atoms with Crippen LogP contribution in [0.25, 0.3) is 11.5 Å². The van der Waals surface area contributed by atoms with Crippen LogP contribution >= 0.6 is 0 Å². The van der Waals surface area contributed by atoms with Crippen LogP contribution in [-0.2, 0) is 0 Å². The number of carbonyl (C=O) groups is 1. The van der Waals surface area contributed by atoms with Gasteiger partial charge in [-0.1, -0.05) is 23.4 Å². The molecule has 0 saturated carbocycles. The quantitative estimate of drug-likeness (QED) is 0.658. The van der Waals surface area contributed by atoms with Crippen molar-refractivity contribution in [1.82, 2.24) is 24.9 Å². The fourth-order valence-electron chi connectivity index (χ4n) is 4.82. The van der Waals surface area contributed by atoms with Gasteiger partial charge in [0.05, 0.1) is 11.7 Å². The van der Waals surface area contributed by atoms with Crippen molar-refractivity contribution in [3.63, 3.8) is 0 Å². The van der Waals surface area contributed by atoms with E-state index < -0.39 is 0 Å². The number of oxazole rings is 1. The number of nitrogens with zero attached hydrogens (tertiary/aromatic N) is 5. The second-order valence-electron chi connectivity index (χ2n) is 8.52. The van der Waals surface area contributed by atoms with E-state index in [1.54, 1.807) is 6.92 Å². The number of aryl methyl sites for hydroxylation is 1. The van der Waals surface area contributed by atoms with E-state index >= 15 is 0 Å². The normalized spacial score (nSPS) is 21.4. The second-order valence-corrected chi connectivity index (χ2v) is 8.52. The highest BCUT2D eigenvalue weighted by molar-refractivity contribution is 5.92. The van der Waals surface area contributed by atoms with Gasteiger partial charge in [0, 0.05) is 25.2 Å². The van der Waals surface area contributed by atoms with Crippen LogP contribution in [0.1, 0.15) is 47.4 Å². The molecule has 5 rings (SSSR count). The summed E-state index contributed by atoms with van der Waals surface area (Å²) in [5, 5.41) is 4.28. The summed E-state index contributed by atoms with van der Waals surface area (Å²) in [5.41, 5.74) is 1.74. The van der Waals surface area contributed by atoms with Crippen LogP contribution < -0.4 is 0 Å². The topological polar surface area (TPSA) is 88.5 Å². The molecule has 1 unspecified atom stereocenters. The predicted octanol–water partition coefficient (Wildman–Crippen LogP) is 3.33. The molecule has 1 spiro atoms. The molecule has 3 aromatic rings. The van der Waals surface area contributed by atoms with Crippen molar-refractivity contribution >= 4 is 5.91 Å². The Morgan fingerprint density at radius 3 is 2.67 bits per heavy atom. The molecule has 8 nitrogen and oxygen atoms in total. The highest BCUT2D eigenvalue weighted by Gasteiger charge is 2.47. The maximum atomic E-state index is 12.7. The lowest BCUT2D eigenvalue weighted by Crippen LogP contribution is -2.44. The summed E-state index contributed by atoms with van der Waals surface area (Å²) >= 11 is 0. The van der Waals surface area contributed by atoms with Gasteiger partial charge in [-0.3, -0.25) is 9.69 Å². The van der Waals surface area contributed by atoms with E-state index in [9.17, 15) is 4.79 Å². The number of hydrogen-bond donors (Lipinski definition) is 0. The van der Waals surface area contributed by atoms with E-state index in [1.807, 2.05) is 35.2 Å². The van der Waals surface area contributed by atoms with Gasteiger partial charge >= 0.3 is 0 Å². The first-order valence-corrected chi connectivity index (χ1v) is 10.3. The van der Waals surface area contributed by atoms with Gasteiger partial charge in [-0.05, 0) is 50.8 Å². The van der Waals surface area contributed by atoms with Crippen molar-refractivity contribution < 1.29 is 13.7 Å². The first kappa shape index (κ1) is 19.0. The van der Waals surface area contributed by atoms with E-state index in [0.29, 0.717) is 17.3 Å². The number of amides is 1. The van der Waals surface area contributed by atoms with Gasteiger partial charge in [0.2, 0.25) is 5.76 Å². The van der Waals surface area contributed by atoms with Crippen molar-refractivity contribution in [1.29, 1.82) is 0 Å². The fourth-order valence-corrected chi connectivity index (χ4v) is 4.82. The highest BCUT2D eigenvalue weighted by atomic mass is 16.5. The van der Waals surface area contributed by atoms with Crippen LogP contribution in [0.4, 0.5) is 0 Å². The minimum absolute atomic E-state index is 0.0616. The van der Waals surface area contributed by atoms with Crippen molar-refractivity contribution in [2.75, 3.05) is 26.7 Å². The molecule has 2 fully saturated rings. The largest absolute Gasteiger partial charge is 0.438 e. The first-order valence-electron chi connectivity index (χ1n) is 10.3. The van der Waals surface area contributed by atoms with E-state index in [0.717, 1.165) is 50.3 Å². The molecule has 2 aliphatic rings. The van der Waals surface area contributed by atoms with Crippen LogP contribution in [0.15, 0.2) is 45.7 Å². The summed E-state index contributed by atoms with van der Waals surface area (Å²) in [7, 11) is 2.12. The zero-order valence-corrected chi connectivity index (χ0v) is 17.2. The van der Waals surface area contributed by atoms with E-state index in [4.69, 9.17) is 8.94 Å². The number of rotatable bonds is 3. The van der Waals surface area contributed by atoms with Gasteiger partial charge in [-0.2, -0.15) is 4.98 Å².